The summed E-state index contributed by atoms with van der Waals surface area (Å²) < 4.78 is 0. The van der Waals surface area contributed by atoms with E-state index in [4.69, 9.17) is 5.73 Å². The van der Waals surface area contributed by atoms with Crippen LogP contribution in [0, 0.1) is 0 Å². The molecule has 1 rings (SSSR count). The van der Waals surface area contributed by atoms with Crippen molar-refractivity contribution in [2.24, 2.45) is 5.73 Å². The Kier molecular flexibility index (Phi) is 7.67. The summed E-state index contributed by atoms with van der Waals surface area (Å²) in [5.74, 6) is -0.226. The van der Waals surface area contributed by atoms with Gasteiger partial charge in [-0.25, -0.2) is 0 Å². The van der Waals surface area contributed by atoms with E-state index in [1.165, 1.54) is 19.3 Å². The molecule has 1 heterocycles. The average molecular weight is 297 g/mol. The SMILES string of the molecule is CCCNC(C)(CCCCN1C(C)CCCC1C)C(N)=O. The van der Waals surface area contributed by atoms with Crippen molar-refractivity contribution < 1.29 is 4.79 Å². The summed E-state index contributed by atoms with van der Waals surface area (Å²) >= 11 is 0. The molecule has 1 saturated heterocycles. The zero-order valence-corrected chi connectivity index (χ0v) is 14.5. The largest absolute Gasteiger partial charge is 0.368 e. The Labute approximate surface area is 130 Å². The fourth-order valence-corrected chi connectivity index (χ4v) is 3.39. The summed E-state index contributed by atoms with van der Waals surface area (Å²) in [6.07, 6.45) is 8.05. The molecular weight excluding hydrogens is 262 g/mol. The van der Waals surface area contributed by atoms with Crippen molar-refractivity contribution in [1.29, 1.82) is 0 Å². The molecule has 0 saturated carbocycles. The van der Waals surface area contributed by atoms with Crippen LogP contribution in [0.25, 0.3) is 0 Å². The van der Waals surface area contributed by atoms with Crippen molar-refractivity contribution >= 4 is 5.91 Å². The summed E-state index contributed by atoms with van der Waals surface area (Å²) in [7, 11) is 0. The van der Waals surface area contributed by atoms with E-state index < -0.39 is 5.54 Å². The topological polar surface area (TPSA) is 58.4 Å². The first-order valence-corrected chi connectivity index (χ1v) is 8.71. The van der Waals surface area contributed by atoms with Gasteiger partial charge in [0, 0.05) is 12.1 Å². The number of nitrogens with zero attached hydrogens (tertiary/aromatic N) is 1. The number of primary amides is 1. The van der Waals surface area contributed by atoms with Crippen LogP contribution >= 0.6 is 0 Å². The first kappa shape index (κ1) is 18.4. The van der Waals surface area contributed by atoms with Gasteiger partial charge in [0.2, 0.25) is 5.91 Å². The lowest BCUT2D eigenvalue weighted by molar-refractivity contribution is -0.124. The number of piperidine rings is 1. The first-order valence-electron chi connectivity index (χ1n) is 8.71. The van der Waals surface area contributed by atoms with Gasteiger partial charge in [-0.3, -0.25) is 9.69 Å². The molecule has 1 aliphatic rings. The predicted molar refractivity (Wildman–Crippen MR) is 89.2 cm³/mol. The number of rotatable bonds is 9. The Morgan fingerprint density at radius 2 is 1.90 bits per heavy atom. The number of amides is 1. The number of likely N-dealkylation sites (tertiary alicyclic amines) is 1. The Balaban J connectivity index is 2.35. The molecule has 0 aliphatic carbocycles. The lowest BCUT2D eigenvalue weighted by Gasteiger charge is -2.39. The van der Waals surface area contributed by atoms with E-state index in [-0.39, 0.29) is 5.91 Å². The second kappa shape index (κ2) is 8.74. The van der Waals surface area contributed by atoms with Crippen molar-refractivity contribution in [2.45, 2.75) is 90.3 Å². The van der Waals surface area contributed by atoms with E-state index >= 15 is 0 Å². The van der Waals surface area contributed by atoms with Crippen LogP contribution in [-0.2, 0) is 4.79 Å². The third-order valence-corrected chi connectivity index (χ3v) is 5.03. The van der Waals surface area contributed by atoms with Crippen LogP contribution in [-0.4, -0.2) is 41.5 Å². The van der Waals surface area contributed by atoms with E-state index in [0.717, 1.165) is 38.8 Å². The van der Waals surface area contributed by atoms with Crippen molar-refractivity contribution in [3.05, 3.63) is 0 Å². The summed E-state index contributed by atoms with van der Waals surface area (Å²) in [5, 5.41) is 3.31. The standard InChI is InChI=1S/C17H35N3O/c1-5-12-19-17(4,16(18)21)11-6-7-13-20-14(2)9-8-10-15(20)3/h14-15,19H,5-13H2,1-4H3,(H2,18,21). The van der Waals surface area contributed by atoms with Crippen molar-refractivity contribution in [3.8, 4) is 0 Å². The van der Waals surface area contributed by atoms with Gasteiger partial charge in [-0.05, 0) is 72.4 Å². The molecule has 0 aromatic carbocycles. The molecule has 1 aliphatic heterocycles. The third-order valence-electron chi connectivity index (χ3n) is 5.03. The molecular formula is C17H35N3O. The predicted octanol–water partition coefficient (Wildman–Crippen LogP) is 2.66. The molecule has 3 N–H and O–H groups in total. The van der Waals surface area contributed by atoms with E-state index in [1.54, 1.807) is 0 Å². The first-order chi connectivity index (χ1) is 9.90. The van der Waals surface area contributed by atoms with Crippen LogP contribution in [0.5, 0.6) is 0 Å². The molecule has 4 nitrogen and oxygen atoms in total. The van der Waals surface area contributed by atoms with Crippen LogP contribution in [0.2, 0.25) is 0 Å². The molecule has 1 amide bonds. The number of carbonyl (C=O) groups excluding carboxylic acids is 1. The maximum atomic E-state index is 11.7. The number of carbonyl (C=O) groups is 1. The Hall–Kier alpha value is -0.610. The Bertz CT molecular complexity index is 311. The summed E-state index contributed by atoms with van der Waals surface area (Å²) in [5.41, 5.74) is 5.02. The normalized spacial score (nSPS) is 26.5. The highest BCUT2D eigenvalue weighted by atomic mass is 16.1. The van der Waals surface area contributed by atoms with Crippen LogP contribution in [0.4, 0.5) is 0 Å². The summed E-state index contributed by atoms with van der Waals surface area (Å²) in [4.78, 5) is 14.3. The van der Waals surface area contributed by atoms with Crippen LogP contribution in [0.1, 0.15) is 72.6 Å². The highest BCUT2D eigenvalue weighted by Gasteiger charge is 2.30. The van der Waals surface area contributed by atoms with Gasteiger partial charge < -0.3 is 11.1 Å². The monoisotopic (exact) mass is 297 g/mol. The Morgan fingerprint density at radius 3 is 2.43 bits per heavy atom. The molecule has 4 heteroatoms. The molecule has 0 aromatic rings. The minimum absolute atomic E-state index is 0.226. The van der Waals surface area contributed by atoms with E-state index in [2.05, 4.69) is 31.0 Å². The average Bonchev–Trinajstić information content (AvgIpc) is 2.43. The van der Waals surface area contributed by atoms with Gasteiger partial charge in [0.25, 0.3) is 0 Å². The van der Waals surface area contributed by atoms with Crippen LogP contribution < -0.4 is 11.1 Å². The highest BCUT2D eigenvalue weighted by molar-refractivity contribution is 5.84. The van der Waals surface area contributed by atoms with Crippen molar-refractivity contribution in [3.63, 3.8) is 0 Å². The summed E-state index contributed by atoms with van der Waals surface area (Å²) in [6.45, 7) is 10.7. The maximum Gasteiger partial charge on any atom is 0.237 e. The Morgan fingerprint density at radius 1 is 1.29 bits per heavy atom. The van der Waals surface area contributed by atoms with E-state index in [0.29, 0.717) is 12.1 Å². The van der Waals surface area contributed by atoms with Crippen LogP contribution in [0.3, 0.4) is 0 Å². The molecule has 3 atom stereocenters. The fraction of sp³-hybridized carbons (Fsp3) is 0.941. The molecule has 0 radical (unpaired) electrons. The molecule has 0 aromatic heterocycles. The number of nitrogens with one attached hydrogen (secondary N) is 1. The minimum Gasteiger partial charge on any atom is -0.368 e. The van der Waals surface area contributed by atoms with Crippen molar-refractivity contribution in [1.82, 2.24) is 10.2 Å². The number of hydrogen-bond acceptors (Lipinski definition) is 3. The fourth-order valence-electron chi connectivity index (χ4n) is 3.39. The van der Waals surface area contributed by atoms with Crippen LogP contribution in [0.15, 0.2) is 0 Å². The van der Waals surface area contributed by atoms with Crippen molar-refractivity contribution in [2.75, 3.05) is 13.1 Å². The van der Waals surface area contributed by atoms with Gasteiger partial charge in [0.05, 0.1) is 5.54 Å². The van der Waals surface area contributed by atoms with Gasteiger partial charge >= 0.3 is 0 Å². The minimum atomic E-state index is -0.546. The van der Waals surface area contributed by atoms with Gasteiger partial charge in [-0.15, -0.1) is 0 Å². The number of hydrogen-bond donors (Lipinski definition) is 2. The van der Waals surface area contributed by atoms with E-state index in [1.807, 2.05) is 6.92 Å². The molecule has 0 spiro atoms. The second-order valence-electron chi connectivity index (χ2n) is 6.95. The zero-order chi connectivity index (χ0) is 15.9. The lowest BCUT2D eigenvalue weighted by Crippen LogP contribution is -2.53. The van der Waals surface area contributed by atoms with Gasteiger partial charge in [-0.2, -0.15) is 0 Å². The third kappa shape index (κ3) is 5.59. The zero-order valence-electron chi connectivity index (χ0n) is 14.5. The van der Waals surface area contributed by atoms with Gasteiger partial charge in [-0.1, -0.05) is 13.3 Å². The molecule has 21 heavy (non-hydrogen) atoms. The molecule has 3 unspecified atom stereocenters. The van der Waals surface area contributed by atoms with Gasteiger partial charge in [0.15, 0.2) is 0 Å². The number of unbranched alkanes of at least 4 members (excludes halogenated alkanes) is 1. The maximum absolute atomic E-state index is 11.7. The molecule has 0 bridgehead atoms. The quantitative estimate of drug-likeness (QED) is 0.643. The van der Waals surface area contributed by atoms with Gasteiger partial charge in [0.1, 0.15) is 0 Å². The smallest absolute Gasteiger partial charge is 0.237 e. The van der Waals surface area contributed by atoms with E-state index in [9.17, 15) is 4.79 Å². The second-order valence-corrected chi connectivity index (χ2v) is 6.95. The molecule has 124 valence electrons. The number of nitrogens with two attached hydrogens (primary N) is 1. The lowest BCUT2D eigenvalue weighted by atomic mass is 9.92. The highest BCUT2D eigenvalue weighted by Crippen LogP contribution is 2.23. The molecule has 1 fully saturated rings. The summed E-state index contributed by atoms with van der Waals surface area (Å²) in [6, 6.07) is 1.41.